The van der Waals surface area contributed by atoms with E-state index >= 15 is 0 Å². The maximum atomic E-state index is 11.3. The van der Waals surface area contributed by atoms with Crippen molar-refractivity contribution in [2.45, 2.75) is 20.4 Å². The fourth-order valence-electron chi connectivity index (χ4n) is 1.45. The number of benzene rings is 1. The van der Waals surface area contributed by atoms with E-state index in [1.807, 2.05) is 24.3 Å². The summed E-state index contributed by atoms with van der Waals surface area (Å²) in [5.41, 5.74) is 1.13. The van der Waals surface area contributed by atoms with E-state index in [9.17, 15) is 8.42 Å². The molecule has 0 saturated heterocycles. The highest BCUT2D eigenvalue weighted by Gasteiger charge is 2.07. The van der Waals surface area contributed by atoms with Crippen molar-refractivity contribution in [1.82, 2.24) is 5.32 Å². The average Bonchev–Trinajstić information content (AvgIpc) is 2.37. The minimum Gasteiger partial charge on any atom is -0.493 e. The summed E-state index contributed by atoms with van der Waals surface area (Å²) in [6, 6.07) is 7.70. The lowest BCUT2D eigenvalue weighted by Crippen LogP contribution is -2.16. The predicted molar refractivity (Wildman–Crippen MR) is 73.6 cm³/mol. The first-order chi connectivity index (χ1) is 8.57. The van der Waals surface area contributed by atoms with E-state index in [2.05, 4.69) is 12.2 Å². The van der Waals surface area contributed by atoms with Gasteiger partial charge in [-0.2, -0.15) is 0 Å². The van der Waals surface area contributed by atoms with Crippen LogP contribution in [0.5, 0.6) is 5.75 Å². The minimum atomic E-state index is -2.95. The van der Waals surface area contributed by atoms with Crippen molar-refractivity contribution < 1.29 is 13.2 Å². The summed E-state index contributed by atoms with van der Waals surface area (Å²) < 4.78 is 28.1. The SMILES string of the molecule is CCNCc1cccc(OCCS(=O)(=O)CC)c1. The molecule has 0 unspecified atom stereocenters. The molecule has 18 heavy (non-hydrogen) atoms. The molecule has 0 amide bonds. The number of nitrogens with one attached hydrogen (secondary N) is 1. The van der Waals surface area contributed by atoms with E-state index in [1.54, 1.807) is 6.92 Å². The zero-order chi connectivity index (χ0) is 13.4. The van der Waals surface area contributed by atoms with Crippen molar-refractivity contribution in [2.75, 3.05) is 24.7 Å². The van der Waals surface area contributed by atoms with Gasteiger partial charge >= 0.3 is 0 Å². The summed E-state index contributed by atoms with van der Waals surface area (Å²) in [4.78, 5) is 0. The van der Waals surface area contributed by atoms with Crippen molar-refractivity contribution in [3.8, 4) is 5.75 Å². The van der Waals surface area contributed by atoms with Crippen LogP contribution < -0.4 is 10.1 Å². The Bertz CT molecular complexity index is 457. The summed E-state index contributed by atoms with van der Waals surface area (Å²) in [7, 11) is -2.95. The molecule has 0 aliphatic carbocycles. The van der Waals surface area contributed by atoms with Gasteiger partial charge in [0.2, 0.25) is 0 Å². The summed E-state index contributed by atoms with van der Waals surface area (Å²) in [6.07, 6.45) is 0. The maximum Gasteiger partial charge on any atom is 0.153 e. The van der Waals surface area contributed by atoms with Crippen molar-refractivity contribution in [3.05, 3.63) is 29.8 Å². The van der Waals surface area contributed by atoms with Gasteiger partial charge in [-0.25, -0.2) is 8.42 Å². The lowest BCUT2D eigenvalue weighted by Gasteiger charge is -2.08. The molecular weight excluding hydrogens is 250 g/mol. The molecule has 0 bridgehead atoms. The first kappa shape index (κ1) is 15.0. The molecule has 0 aliphatic rings. The van der Waals surface area contributed by atoms with Crippen LogP contribution in [0.3, 0.4) is 0 Å². The van der Waals surface area contributed by atoms with E-state index in [-0.39, 0.29) is 18.1 Å². The van der Waals surface area contributed by atoms with Gasteiger partial charge in [0, 0.05) is 12.3 Å². The molecule has 1 rings (SSSR count). The second-order valence-corrected chi connectivity index (χ2v) is 6.49. The topological polar surface area (TPSA) is 55.4 Å². The molecule has 1 N–H and O–H groups in total. The molecule has 0 aromatic heterocycles. The first-order valence-electron chi connectivity index (χ1n) is 6.20. The van der Waals surface area contributed by atoms with Gasteiger partial charge in [0.1, 0.15) is 12.4 Å². The van der Waals surface area contributed by atoms with Gasteiger partial charge in [-0.05, 0) is 24.2 Å². The molecule has 0 atom stereocenters. The van der Waals surface area contributed by atoms with Crippen molar-refractivity contribution in [3.63, 3.8) is 0 Å². The zero-order valence-corrected chi connectivity index (χ0v) is 11.8. The van der Waals surface area contributed by atoms with Crippen LogP contribution in [-0.4, -0.2) is 33.1 Å². The second-order valence-electron chi connectivity index (χ2n) is 4.01. The Morgan fingerprint density at radius 3 is 2.72 bits per heavy atom. The Labute approximate surface area is 109 Å². The first-order valence-corrected chi connectivity index (χ1v) is 8.02. The molecule has 0 fully saturated rings. The van der Waals surface area contributed by atoms with Crippen LogP contribution in [0.4, 0.5) is 0 Å². The Morgan fingerprint density at radius 1 is 1.28 bits per heavy atom. The molecule has 0 spiro atoms. The van der Waals surface area contributed by atoms with Crippen LogP contribution in [0.1, 0.15) is 19.4 Å². The van der Waals surface area contributed by atoms with Gasteiger partial charge in [0.25, 0.3) is 0 Å². The van der Waals surface area contributed by atoms with E-state index < -0.39 is 9.84 Å². The van der Waals surface area contributed by atoms with Gasteiger partial charge in [-0.3, -0.25) is 0 Å². The number of sulfone groups is 1. The Hall–Kier alpha value is -1.07. The molecule has 5 heteroatoms. The number of ether oxygens (including phenoxy) is 1. The normalized spacial score (nSPS) is 11.4. The van der Waals surface area contributed by atoms with Gasteiger partial charge in [-0.1, -0.05) is 26.0 Å². The average molecular weight is 271 g/mol. The summed E-state index contributed by atoms with van der Waals surface area (Å²) in [6.45, 7) is 5.62. The van der Waals surface area contributed by atoms with Gasteiger partial charge < -0.3 is 10.1 Å². The maximum absolute atomic E-state index is 11.3. The Balaban J connectivity index is 2.47. The zero-order valence-electron chi connectivity index (χ0n) is 11.0. The number of hydrogen-bond acceptors (Lipinski definition) is 4. The standard InChI is InChI=1S/C13H21NO3S/c1-3-14-11-12-6-5-7-13(10-12)17-8-9-18(15,16)4-2/h5-7,10,14H,3-4,8-9,11H2,1-2H3. The van der Waals surface area contributed by atoms with Crippen LogP contribution in [0.15, 0.2) is 24.3 Å². The number of rotatable bonds is 8. The predicted octanol–water partition coefficient (Wildman–Crippen LogP) is 1.61. The summed E-state index contributed by atoms with van der Waals surface area (Å²) in [5, 5.41) is 3.23. The van der Waals surface area contributed by atoms with Gasteiger partial charge in [0.05, 0.1) is 5.75 Å². The Kier molecular flexibility index (Phi) is 6.15. The highest BCUT2D eigenvalue weighted by molar-refractivity contribution is 7.91. The quantitative estimate of drug-likeness (QED) is 0.780. The van der Waals surface area contributed by atoms with Crippen LogP contribution in [0.25, 0.3) is 0 Å². The lowest BCUT2D eigenvalue weighted by molar-refractivity contribution is 0.340. The lowest BCUT2D eigenvalue weighted by atomic mass is 10.2. The molecule has 4 nitrogen and oxygen atoms in total. The van der Waals surface area contributed by atoms with E-state index in [1.165, 1.54) is 0 Å². The van der Waals surface area contributed by atoms with Crippen LogP contribution in [-0.2, 0) is 16.4 Å². The van der Waals surface area contributed by atoms with Crippen molar-refractivity contribution in [1.29, 1.82) is 0 Å². The van der Waals surface area contributed by atoms with Crippen LogP contribution in [0.2, 0.25) is 0 Å². The molecule has 1 aromatic rings. The third kappa shape index (κ3) is 5.51. The minimum absolute atomic E-state index is 0.0704. The van der Waals surface area contributed by atoms with Crippen LogP contribution >= 0.6 is 0 Å². The van der Waals surface area contributed by atoms with Crippen molar-refractivity contribution in [2.24, 2.45) is 0 Å². The van der Waals surface area contributed by atoms with E-state index in [0.29, 0.717) is 0 Å². The highest BCUT2D eigenvalue weighted by Crippen LogP contribution is 2.13. The van der Waals surface area contributed by atoms with Gasteiger partial charge in [-0.15, -0.1) is 0 Å². The smallest absolute Gasteiger partial charge is 0.153 e. The molecule has 0 aliphatic heterocycles. The fourth-order valence-corrected chi connectivity index (χ4v) is 2.07. The molecule has 102 valence electrons. The highest BCUT2D eigenvalue weighted by atomic mass is 32.2. The summed E-state index contributed by atoms with van der Waals surface area (Å²) >= 11 is 0. The van der Waals surface area contributed by atoms with Crippen molar-refractivity contribution >= 4 is 9.84 Å². The van der Waals surface area contributed by atoms with Gasteiger partial charge in [0.15, 0.2) is 9.84 Å². The number of hydrogen-bond donors (Lipinski definition) is 1. The molecular formula is C13H21NO3S. The van der Waals surface area contributed by atoms with Crippen LogP contribution in [0, 0.1) is 0 Å². The second kappa shape index (κ2) is 7.38. The molecule has 0 radical (unpaired) electrons. The fraction of sp³-hybridized carbons (Fsp3) is 0.538. The molecule has 1 aromatic carbocycles. The monoisotopic (exact) mass is 271 g/mol. The third-order valence-corrected chi connectivity index (χ3v) is 4.25. The Morgan fingerprint density at radius 2 is 2.06 bits per heavy atom. The van der Waals surface area contributed by atoms with E-state index in [0.717, 1.165) is 24.4 Å². The molecule has 0 heterocycles. The molecule has 0 saturated carbocycles. The third-order valence-electron chi connectivity index (χ3n) is 2.58. The largest absolute Gasteiger partial charge is 0.493 e. The van der Waals surface area contributed by atoms with E-state index in [4.69, 9.17) is 4.74 Å². The summed E-state index contributed by atoms with van der Waals surface area (Å²) in [5.74, 6) is 0.953.